The molecule has 0 saturated carbocycles. The number of hydrogen-bond acceptors (Lipinski definition) is 16. The summed E-state index contributed by atoms with van der Waals surface area (Å²) in [6.45, 7) is 7.46. The van der Waals surface area contributed by atoms with Crippen molar-refractivity contribution in [3.63, 3.8) is 0 Å². The molecule has 20 heteroatoms. The van der Waals surface area contributed by atoms with Crippen molar-refractivity contribution in [2.24, 2.45) is 0 Å². The van der Waals surface area contributed by atoms with Crippen LogP contribution in [0.3, 0.4) is 0 Å². The number of carbonyl (C=O) groups excluding carboxylic acids is 3. The molecule has 0 heterocycles. The first-order chi connectivity index (χ1) is 15.7. The van der Waals surface area contributed by atoms with E-state index in [-0.39, 0.29) is 19.8 Å². The van der Waals surface area contributed by atoms with E-state index in [9.17, 15) is 24.0 Å². The molecule has 0 aliphatic heterocycles. The molecule has 0 bridgehead atoms. The quantitative estimate of drug-likeness (QED) is 0.187. The SMILES string of the molecule is CC[O][Ge]([O]CC)([O]CC)[O][Si](OC(C)=O)(O[Si](O)(OC)OC(C)=O)O[Si](O)(OC)OC(C)=O. The summed E-state index contributed by atoms with van der Waals surface area (Å²) in [7, 11) is -13.6. The van der Waals surface area contributed by atoms with Gasteiger partial charge in [0.25, 0.3) is 0 Å². The van der Waals surface area contributed by atoms with Crippen molar-refractivity contribution < 1.29 is 69.1 Å². The van der Waals surface area contributed by atoms with Crippen molar-refractivity contribution in [2.75, 3.05) is 34.0 Å². The fraction of sp³-hybridized carbons (Fsp3) is 0.786. The standard InChI is InChI=1S/C14H32GeO16Si3/c1-9-23-15(24-10-2,25-11-3)29-34(28-14(6)18,30-32(19,21-7)26-12(4)16)31-33(20,22-8)27-13(5)17/h19-20H,9-11H2,1-8H3. The fourth-order valence-corrected chi connectivity index (χ4v) is 16.2. The van der Waals surface area contributed by atoms with Crippen molar-refractivity contribution in [1.82, 2.24) is 0 Å². The van der Waals surface area contributed by atoms with Gasteiger partial charge in [-0.05, 0) is 0 Å². The molecule has 0 saturated heterocycles. The molecular weight excluding hydrogens is 581 g/mol. The topological polar surface area (TPSA) is 193 Å². The van der Waals surface area contributed by atoms with Crippen LogP contribution in [0.25, 0.3) is 0 Å². The van der Waals surface area contributed by atoms with Gasteiger partial charge in [-0.2, -0.15) is 0 Å². The van der Waals surface area contributed by atoms with Crippen LogP contribution in [0.5, 0.6) is 0 Å². The molecule has 0 aromatic heterocycles. The van der Waals surface area contributed by atoms with Gasteiger partial charge in [0, 0.05) is 0 Å². The Labute approximate surface area is 204 Å². The van der Waals surface area contributed by atoms with Crippen LogP contribution in [-0.2, 0) is 59.5 Å². The zero-order chi connectivity index (χ0) is 26.6. The van der Waals surface area contributed by atoms with Crippen LogP contribution in [0, 0.1) is 0 Å². The van der Waals surface area contributed by atoms with Crippen LogP contribution < -0.4 is 0 Å². The summed E-state index contributed by atoms with van der Waals surface area (Å²) in [6, 6.07) is 0. The average molecular weight is 613 g/mol. The van der Waals surface area contributed by atoms with E-state index in [1.54, 1.807) is 20.8 Å². The molecule has 0 aliphatic rings. The van der Waals surface area contributed by atoms with Gasteiger partial charge in [-0.3, -0.25) is 0 Å². The molecule has 34 heavy (non-hydrogen) atoms. The normalized spacial score (nSPS) is 17.1. The summed E-state index contributed by atoms with van der Waals surface area (Å²) >= 11 is -4.98. The minimum absolute atomic E-state index is 0.0175. The van der Waals surface area contributed by atoms with E-state index in [4.69, 9.17) is 45.1 Å². The Balaban J connectivity index is 6.90. The first-order valence-electron chi connectivity index (χ1n) is 9.83. The van der Waals surface area contributed by atoms with E-state index in [1.807, 2.05) is 0 Å². The van der Waals surface area contributed by atoms with Crippen LogP contribution >= 0.6 is 0 Å². The number of carbonyl (C=O) groups is 3. The van der Waals surface area contributed by atoms with Crippen molar-refractivity contribution in [2.45, 2.75) is 41.5 Å². The zero-order valence-corrected chi connectivity index (χ0v) is 25.3. The predicted molar refractivity (Wildman–Crippen MR) is 115 cm³/mol. The summed E-state index contributed by atoms with van der Waals surface area (Å²) in [6.07, 6.45) is 0. The fourth-order valence-electron chi connectivity index (χ4n) is 2.09. The second kappa shape index (κ2) is 14.7. The molecule has 0 rings (SSSR count). The second-order valence-corrected chi connectivity index (χ2v) is 17.4. The van der Waals surface area contributed by atoms with Crippen LogP contribution in [-0.4, -0.2) is 103 Å². The first-order valence-corrected chi connectivity index (χ1v) is 18.2. The number of hydrogen-bond donors (Lipinski definition) is 2. The molecule has 0 aliphatic carbocycles. The summed E-state index contributed by atoms with van der Waals surface area (Å²) in [5.41, 5.74) is 0. The molecule has 2 N–H and O–H groups in total. The van der Waals surface area contributed by atoms with Crippen molar-refractivity contribution in [3.8, 4) is 0 Å². The van der Waals surface area contributed by atoms with Gasteiger partial charge >= 0.3 is 204 Å². The van der Waals surface area contributed by atoms with Crippen molar-refractivity contribution in [3.05, 3.63) is 0 Å². The Bertz CT molecular complexity index is 636. The summed E-state index contributed by atoms with van der Waals surface area (Å²) in [5.74, 6) is -3.21. The van der Waals surface area contributed by atoms with Gasteiger partial charge in [-0.15, -0.1) is 0 Å². The van der Waals surface area contributed by atoms with Gasteiger partial charge in [0.1, 0.15) is 0 Å². The second-order valence-electron chi connectivity index (χ2n) is 5.84. The Morgan fingerprint density at radius 2 is 1.00 bits per heavy atom. The summed E-state index contributed by atoms with van der Waals surface area (Å²) < 4.78 is 57.5. The van der Waals surface area contributed by atoms with Crippen LogP contribution in [0.15, 0.2) is 0 Å². The van der Waals surface area contributed by atoms with Crippen molar-refractivity contribution in [1.29, 1.82) is 0 Å². The molecule has 2 unspecified atom stereocenters. The molecule has 2 atom stereocenters. The molecule has 0 amide bonds. The van der Waals surface area contributed by atoms with Gasteiger partial charge in [0.15, 0.2) is 0 Å². The van der Waals surface area contributed by atoms with Crippen LogP contribution in [0.2, 0.25) is 0 Å². The minimum atomic E-state index is -5.37. The van der Waals surface area contributed by atoms with Crippen LogP contribution in [0.1, 0.15) is 41.5 Å². The van der Waals surface area contributed by atoms with Gasteiger partial charge in [0.2, 0.25) is 0 Å². The van der Waals surface area contributed by atoms with Crippen LogP contribution in [0.4, 0.5) is 0 Å². The van der Waals surface area contributed by atoms with E-state index >= 15 is 0 Å². The molecule has 16 nitrogen and oxygen atoms in total. The predicted octanol–water partition coefficient (Wildman–Crippen LogP) is -1.15. The zero-order valence-electron chi connectivity index (χ0n) is 20.2. The third kappa shape index (κ3) is 11.3. The third-order valence-electron chi connectivity index (χ3n) is 3.05. The van der Waals surface area contributed by atoms with E-state index < -0.39 is 59.7 Å². The first kappa shape index (κ1) is 33.2. The Hall–Kier alpha value is -0.796. The van der Waals surface area contributed by atoms with E-state index in [1.165, 1.54) is 0 Å². The molecule has 200 valence electrons. The van der Waals surface area contributed by atoms with E-state index in [2.05, 4.69) is 0 Å². The molecule has 0 radical (unpaired) electrons. The van der Waals surface area contributed by atoms with E-state index in [0.717, 1.165) is 35.0 Å². The Morgan fingerprint density at radius 3 is 1.24 bits per heavy atom. The monoisotopic (exact) mass is 614 g/mol. The van der Waals surface area contributed by atoms with Gasteiger partial charge < -0.3 is 0 Å². The molecule has 0 aromatic carbocycles. The maximum absolute atomic E-state index is 12.1. The third-order valence-corrected chi connectivity index (χ3v) is 17.5. The van der Waals surface area contributed by atoms with Gasteiger partial charge in [-0.25, -0.2) is 0 Å². The number of rotatable bonds is 17. The van der Waals surface area contributed by atoms with Crippen molar-refractivity contribution >= 4 is 59.7 Å². The molecule has 0 aromatic rings. The Morgan fingerprint density at radius 1 is 0.676 bits per heavy atom. The van der Waals surface area contributed by atoms with Gasteiger partial charge in [-0.1, -0.05) is 0 Å². The summed E-state index contributed by atoms with van der Waals surface area (Å²) in [5, 5.41) is 0. The molecule has 0 fully saturated rings. The molecule has 0 spiro atoms. The maximum atomic E-state index is 12.1. The van der Waals surface area contributed by atoms with E-state index in [0.29, 0.717) is 0 Å². The van der Waals surface area contributed by atoms with Gasteiger partial charge in [0.05, 0.1) is 0 Å². The average Bonchev–Trinajstić information content (AvgIpc) is 2.66. The summed E-state index contributed by atoms with van der Waals surface area (Å²) in [4.78, 5) is 56.5. The molecular formula is C14H32GeO16Si3. The Kier molecular flexibility index (Phi) is 14.3.